The van der Waals surface area contributed by atoms with Crippen LogP contribution in [-0.2, 0) is 6.54 Å². The first-order valence-corrected chi connectivity index (χ1v) is 14.1. The van der Waals surface area contributed by atoms with Crippen LogP contribution in [0.2, 0.25) is 0 Å². The van der Waals surface area contributed by atoms with Crippen molar-refractivity contribution in [2.45, 2.75) is 54.1 Å². The summed E-state index contributed by atoms with van der Waals surface area (Å²) >= 11 is 0. The molecule has 40 heavy (non-hydrogen) atoms. The molecule has 4 aromatic rings. The predicted molar refractivity (Wildman–Crippen MR) is 165 cm³/mol. The van der Waals surface area contributed by atoms with Crippen LogP contribution in [0.1, 0.15) is 53.4 Å². The van der Waals surface area contributed by atoms with E-state index in [4.69, 9.17) is 9.97 Å². The largest absolute Gasteiger partial charge is 0.381 e. The molecule has 2 N–H and O–H groups in total. The Morgan fingerprint density at radius 3 is 2.35 bits per heavy atom. The normalized spacial score (nSPS) is 14.3. The Labute approximate surface area is 236 Å². The lowest BCUT2D eigenvalue weighted by Crippen LogP contribution is -2.45. The van der Waals surface area contributed by atoms with Crippen molar-refractivity contribution in [1.82, 2.24) is 29.7 Å². The fourth-order valence-electron chi connectivity index (χ4n) is 5.58. The molecule has 0 aliphatic carbocycles. The molecule has 4 heterocycles. The standard InChI is InChI=1S/C32H41N7O/c1-19(2)39-18-20(3)30-27(24(7)33-17-28-22(5)21(4)23(6)36-31(28)40)13-25(14-29(30)39)26-15-34-32(35-16-26)38-11-9-37(8)10-12-38/h13-16,18-19,33H,7,9-12,17H2,1-6,8H3,(H,36,40). The average molecular weight is 540 g/mol. The molecule has 0 unspecified atom stereocenters. The number of aromatic nitrogens is 4. The van der Waals surface area contributed by atoms with Gasteiger partial charge in [-0.15, -0.1) is 0 Å². The van der Waals surface area contributed by atoms with Crippen molar-refractivity contribution in [2.24, 2.45) is 0 Å². The summed E-state index contributed by atoms with van der Waals surface area (Å²) in [6.07, 6.45) is 6.06. The van der Waals surface area contributed by atoms with Crippen molar-refractivity contribution in [1.29, 1.82) is 0 Å². The molecule has 8 heteroatoms. The van der Waals surface area contributed by atoms with Crippen LogP contribution in [0.5, 0.6) is 0 Å². The number of rotatable bonds is 7. The molecule has 1 aromatic carbocycles. The predicted octanol–water partition coefficient (Wildman–Crippen LogP) is 5.11. The second-order valence-corrected chi connectivity index (χ2v) is 11.4. The van der Waals surface area contributed by atoms with E-state index in [-0.39, 0.29) is 5.56 Å². The second-order valence-electron chi connectivity index (χ2n) is 11.4. The van der Waals surface area contributed by atoms with Crippen molar-refractivity contribution in [3.05, 3.63) is 81.2 Å². The third-order valence-electron chi connectivity index (χ3n) is 8.39. The summed E-state index contributed by atoms with van der Waals surface area (Å²) in [6, 6.07) is 4.69. The molecule has 1 fully saturated rings. The van der Waals surface area contributed by atoms with Gasteiger partial charge < -0.3 is 24.7 Å². The monoisotopic (exact) mass is 539 g/mol. The van der Waals surface area contributed by atoms with Gasteiger partial charge in [-0.1, -0.05) is 6.58 Å². The topological polar surface area (TPSA) is 82.1 Å². The Morgan fingerprint density at radius 1 is 1.02 bits per heavy atom. The lowest BCUT2D eigenvalue weighted by Gasteiger charge is -2.32. The van der Waals surface area contributed by atoms with E-state index in [2.05, 4.69) is 77.4 Å². The summed E-state index contributed by atoms with van der Waals surface area (Å²) < 4.78 is 2.31. The molecule has 0 atom stereocenters. The molecular formula is C32H41N7O. The maximum absolute atomic E-state index is 12.8. The Kier molecular flexibility index (Phi) is 7.55. The van der Waals surface area contributed by atoms with E-state index in [9.17, 15) is 4.79 Å². The van der Waals surface area contributed by atoms with Gasteiger partial charge in [-0.05, 0) is 83.0 Å². The van der Waals surface area contributed by atoms with Crippen LogP contribution in [-0.4, -0.2) is 57.6 Å². The van der Waals surface area contributed by atoms with Crippen LogP contribution in [0.15, 0.2) is 42.1 Å². The van der Waals surface area contributed by atoms with E-state index in [1.165, 1.54) is 5.56 Å². The molecule has 0 radical (unpaired) electrons. The molecule has 1 aliphatic heterocycles. The van der Waals surface area contributed by atoms with Gasteiger partial charge in [0.15, 0.2) is 0 Å². The van der Waals surface area contributed by atoms with Crippen molar-refractivity contribution in [3.63, 3.8) is 0 Å². The number of aryl methyl sites for hydroxylation is 2. The molecule has 5 rings (SSSR count). The Balaban J connectivity index is 1.52. The number of benzene rings is 1. The molecule has 0 bridgehead atoms. The van der Waals surface area contributed by atoms with Crippen molar-refractivity contribution in [3.8, 4) is 11.1 Å². The Hall–Kier alpha value is -3.91. The highest BCUT2D eigenvalue weighted by Gasteiger charge is 2.19. The highest BCUT2D eigenvalue weighted by atomic mass is 16.1. The summed E-state index contributed by atoms with van der Waals surface area (Å²) in [5.41, 5.74) is 9.85. The first kappa shape index (κ1) is 27.6. The molecule has 210 valence electrons. The number of nitrogens with one attached hydrogen (secondary N) is 2. The quantitative estimate of drug-likeness (QED) is 0.340. The Bertz CT molecular complexity index is 1620. The smallest absolute Gasteiger partial charge is 0.253 e. The van der Waals surface area contributed by atoms with Gasteiger partial charge in [-0.25, -0.2) is 9.97 Å². The van der Waals surface area contributed by atoms with Crippen LogP contribution in [0.4, 0.5) is 5.95 Å². The number of likely N-dealkylation sites (N-methyl/N-ethyl adjacent to an activating group) is 1. The number of hydrogen-bond acceptors (Lipinski definition) is 6. The van der Waals surface area contributed by atoms with E-state index < -0.39 is 0 Å². The summed E-state index contributed by atoms with van der Waals surface area (Å²) in [4.78, 5) is 29.8. The van der Waals surface area contributed by atoms with Gasteiger partial charge in [0.25, 0.3) is 5.56 Å². The van der Waals surface area contributed by atoms with Gasteiger partial charge in [0.05, 0.1) is 0 Å². The van der Waals surface area contributed by atoms with E-state index in [1.54, 1.807) is 0 Å². The lowest BCUT2D eigenvalue weighted by molar-refractivity contribution is 0.311. The highest BCUT2D eigenvalue weighted by molar-refractivity contribution is 5.97. The van der Waals surface area contributed by atoms with Gasteiger partial charge in [0.1, 0.15) is 0 Å². The number of nitrogens with zero attached hydrogens (tertiary/aromatic N) is 5. The van der Waals surface area contributed by atoms with E-state index in [0.29, 0.717) is 12.6 Å². The minimum absolute atomic E-state index is 0.0560. The number of fused-ring (bicyclic) bond motifs is 1. The number of piperazine rings is 1. The number of hydrogen-bond donors (Lipinski definition) is 2. The lowest BCUT2D eigenvalue weighted by atomic mass is 9.98. The summed E-state index contributed by atoms with van der Waals surface area (Å²) in [5.74, 6) is 0.777. The molecule has 3 aromatic heterocycles. The van der Waals surface area contributed by atoms with Gasteiger partial charge in [-0.3, -0.25) is 4.79 Å². The summed E-state index contributed by atoms with van der Waals surface area (Å²) in [6.45, 7) is 21.2. The first-order chi connectivity index (χ1) is 19.0. The summed E-state index contributed by atoms with van der Waals surface area (Å²) in [7, 11) is 2.15. The zero-order valence-electron chi connectivity index (χ0n) is 24.9. The highest BCUT2D eigenvalue weighted by Crippen LogP contribution is 2.35. The molecule has 0 spiro atoms. The van der Waals surface area contributed by atoms with Crippen molar-refractivity contribution >= 4 is 22.5 Å². The molecular weight excluding hydrogens is 498 g/mol. The molecule has 0 amide bonds. The van der Waals surface area contributed by atoms with Crippen LogP contribution in [0.25, 0.3) is 27.7 Å². The molecule has 0 saturated carbocycles. The second kappa shape index (κ2) is 10.9. The van der Waals surface area contributed by atoms with E-state index >= 15 is 0 Å². The average Bonchev–Trinajstić information content (AvgIpc) is 3.28. The number of aromatic amines is 1. The first-order valence-electron chi connectivity index (χ1n) is 14.1. The third kappa shape index (κ3) is 5.16. The number of pyridine rings is 1. The number of H-pyrrole nitrogens is 1. The SMILES string of the molecule is C=C(NCc1c(C)c(C)c(C)[nH]c1=O)c1cc(-c2cnc(N3CCN(C)CC3)nc2)cc2c1c(C)cn2C(C)C. The third-order valence-corrected chi connectivity index (χ3v) is 8.39. The Morgan fingerprint density at radius 2 is 1.70 bits per heavy atom. The van der Waals surface area contributed by atoms with Crippen molar-refractivity contribution < 1.29 is 0 Å². The molecule has 1 saturated heterocycles. The van der Waals surface area contributed by atoms with E-state index in [0.717, 1.165) is 87.8 Å². The van der Waals surface area contributed by atoms with Gasteiger partial charge in [-0.2, -0.15) is 0 Å². The number of anilines is 1. The van der Waals surface area contributed by atoms with Crippen LogP contribution in [0, 0.1) is 27.7 Å². The van der Waals surface area contributed by atoms with Crippen molar-refractivity contribution in [2.75, 3.05) is 38.1 Å². The maximum Gasteiger partial charge on any atom is 0.253 e. The fourth-order valence-corrected chi connectivity index (χ4v) is 5.58. The summed E-state index contributed by atoms with van der Waals surface area (Å²) in [5, 5.41) is 4.63. The zero-order valence-corrected chi connectivity index (χ0v) is 24.9. The molecule has 1 aliphatic rings. The zero-order chi connectivity index (χ0) is 28.7. The minimum atomic E-state index is -0.0560. The van der Waals surface area contributed by atoms with Crippen LogP contribution in [0.3, 0.4) is 0 Å². The molecule has 8 nitrogen and oxygen atoms in total. The van der Waals surface area contributed by atoms with Crippen LogP contribution < -0.4 is 15.8 Å². The fraction of sp³-hybridized carbons (Fsp3) is 0.406. The van der Waals surface area contributed by atoms with E-state index in [1.807, 2.05) is 33.2 Å². The van der Waals surface area contributed by atoms with Gasteiger partial charge in [0.2, 0.25) is 5.95 Å². The minimum Gasteiger partial charge on any atom is -0.381 e. The van der Waals surface area contributed by atoms with Crippen LogP contribution >= 0.6 is 0 Å². The maximum atomic E-state index is 12.8. The van der Waals surface area contributed by atoms with Gasteiger partial charge in [0, 0.05) is 96.3 Å². The van der Waals surface area contributed by atoms with Gasteiger partial charge >= 0.3 is 0 Å².